The number of rotatable bonds is 4. The van der Waals surface area contributed by atoms with Crippen LogP contribution in [0, 0.1) is 5.41 Å². The van der Waals surface area contributed by atoms with Crippen molar-refractivity contribution in [2.45, 2.75) is 40.0 Å². The fourth-order valence-electron chi connectivity index (χ4n) is 0.808. The van der Waals surface area contributed by atoms with Gasteiger partial charge in [0, 0.05) is 6.42 Å². The van der Waals surface area contributed by atoms with Crippen molar-refractivity contribution in [3.8, 4) is 0 Å². The van der Waals surface area contributed by atoms with Gasteiger partial charge in [0.1, 0.15) is 0 Å². The van der Waals surface area contributed by atoms with Gasteiger partial charge in [-0.25, -0.2) is 0 Å². The first-order chi connectivity index (χ1) is 5.42. The van der Waals surface area contributed by atoms with Crippen LogP contribution < -0.4 is 0 Å². The average Bonchev–Trinajstić information content (AvgIpc) is 1.83. The highest BCUT2D eigenvalue weighted by Gasteiger charge is 2.02. The second-order valence-corrected chi connectivity index (χ2v) is 4.05. The molecule has 0 fully saturated rings. The first-order valence-electron chi connectivity index (χ1n) is 4.31. The molecule has 1 N–H and O–H groups in total. The summed E-state index contributed by atoms with van der Waals surface area (Å²) in [6.45, 7) is 6.38. The SMILES string of the molecule is CC(C)(C)/C=C/CCCC(=O)O. The molecule has 0 aliphatic carbocycles. The van der Waals surface area contributed by atoms with Gasteiger partial charge in [0.05, 0.1) is 0 Å². The van der Waals surface area contributed by atoms with Crippen LogP contribution in [0.15, 0.2) is 12.2 Å². The van der Waals surface area contributed by atoms with E-state index in [1.54, 1.807) is 0 Å². The largest absolute Gasteiger partial charge is 0.481 e. The summed E-state index contributed by atoms with van der Waals surface area (Å²) in [5.41, 5.74) is 0.212. The van der Waals surface area contributed by atoms with Crippen LogP contribution in [0.25, 0.3) is 0 Å². The third kappa shape index (κ3) is 9.21. The van der Waals surface area contributed by atoms with Crippen molar-refractivity contribution in [3.63, 3.8) is 0 Å². The molecule has 0 unspecified atom stereocenters. The van der Waals surface area contributed by atoms with Crippen LogP contribution in [0.1, 0.15) is 40.0 Å². The minimum absolute atomic E-state index is 0.212. The fraction of sp³-hybridized carbons (Fsp3) is 0.700. The van der Waals surface area contributed by atoms with Crippen LogP contribution in [0.4, 0.5) is 0 Å². The summed E-state index contributed by atoms with van der Waals surface area (Å²) in [5, 5.41) is 8.35. The van der Waals surface area contributed by atoms with E-state index in [9.17, 15) is 4.79 Å². The summed E-state index contributed by atoms with van der Waals surface area (Å²) in [6.07, 6.45) is 6.05. The average molecular weight is 170 g/mol. The molecule has 0 aromatic heterocycles. The highest BCUT2D eigenvalue weighted by atomic mass is 16.4. The Morgan fingerprint density at radius 1 is 1.42 bits per heavy atom. The van der Waals surface area contributed by atoms with Crippen molar-refractivity contribution in [1.82, 2.24) is 0 Å². The molecule has 12 heavy (non-hydrogen) atoms. The molecule has 0 aromatic carbocycles. The van der Waals surface area contributed by atoms with Gasteiger partial charge in [0.2, 0.25) is 0 Å². The lowest BCUT2D eigenvalue weighted by molar-refractivity contribution is -0.137. The van der Waals surface area contributed by atoms with E-state index in [4.69, 9.17) is 5.11 Å². The molecule has 0 bridgehead atoms. The van der Waals surface area contributed by atoms with Gasteiger partial charge in [-0.15, -0.1) is 0 Å². The van der Waals surface area contributed by atoms with E-state index in [2.05, 4.69) is 32.9 Å². The van der Waals surface area contributed by atoms with Gasteiger partial charge in [-0.05, 0) is 18.3 Å². The number of aliphatic carboxylic acids is 1. The Hall–Kier alpha value is -0.790. The van der Waals surface area contributed by atoms with Crippen molar-refractivity contribution < 1.29 is 9.90 Å². The molecule has 0 radical (unpaired) electrons. The monoisotopic (exact) mass is 170 g/mol. The summed E-state index contributed by atoms with van der Waals surface area (Å²) in [5.74, 6) is -0.709. The van der Waals surface area contributed by atoms with E-state index in [0.717, 1.165) is 12.8 Å². The first kappa shape index (κ1) is 11.2. The smallest absolute Gasteiger partial charge is 0.303 e. The second kappa shape index (κ2) is 4.96. The van der Waals surface area contributed by atoms with Gasteiger partial charge >= 0.3 is 5.97 Å². The Balaban J connectivity index is 3.43. The van der Waals surface area contributed by atoms with Crippen molar-refractivity contribution >= 4 is 5.97 Å². The van der Waals surface area contributed by atoms with Crippen molar-refractivity contribution in [3.05, 3.63) is 12.2 Å². The highest BCUT2D eigenvalue weighted by Crippen LogP contribution is 2.15. The summed E-state index contributed by atoms with van der Waals surface area (Å²) >= 11 is 0. The van der Waals surface area contributed by atoms with Crippen LogP contribution >= 0.6 is 0 Å². The lowest BCUT2D eigenvalue weighted by atomic mass is 9.96. The van der Waals surface area contributed by atoms with E-state index >= 15 is 0 Å². The van der Waals surface area contributed by atoms with Crippen molar-refractivity contribution in [1.29, 1.82) is 0 Å². The standard InChI is InChI=1S/C10H18O2/c1-10(2,3)8-6-4-5-7-9(11)12/h6,8H,4-5,7H2,1-3H3,(H,11,12)/b8-6+. The number of allylic oxidation sites excluding steroid dienone is 2. The van der Waals surface area contributed by atoms with E-state index in [0.29, 0.717) is 0 Å². The first-order valence-corrected chi connectivity index (χ1v) is 4.31. The molecule has 0 saturated carbocycles. The molecule has 0 aliphatic rings. The quantitative estimate of drug-likeness (QED) is 0.520. The lowest BCUT2D eigenvalue weighted by Crippen LogP contribution is -1.98. The molecule has 0 spiro atoms. The number of hydrogen-bond acceptors (Lipinski definition) is 1. The zero-order valence-electron chi connectivity index (χ0n) is 8.13. The third-order valence-electron chi connectivity index (χ3n) is 1.38. The summed E-state index contributed by atoms with van der Waals surface area (Å²) in [4.78, 5) is 10.1. The number of carbonyl (C=O) groups is 1. The van der Waals surface area contributed by atoms with E-state index in [1.165, 1.54) is 0 Å². The molecular formula is C10H18O2. The molecule has 2 nitrogen and oxygen atoms in total. The Morgan fingerprint density at radius 3 is 2.42 bits per heavy atom. The van der Waals surface area contributed by atoms with E-state index < -0.39 is 5.97 Å². The molecule has 0 aromatic rings. The lowest BCUT2D eigenvalue weighted by Gasteiger charge is -2.10. The molecule has 2 heteroatoms. The van der Waals surface area contributed by atoms with Gasteiger partial charge in [-0.2, -0.15) is 0 Å². The number of unbranched alkanes of at least 4 members (excludes halogenated alkanes) is 1. The Bertz CT molecular complexity index is 163. The van der Waals surface area contributed by atoms with E-state index in [1.807, 2.05) is 0 Å². The molecular weight excluding hydrogens is 152 g/mol. The molecule has 0 heterocycles. The Morgan fingerprint density at radius 2 is 2.00 bits per heavy atom. The summed E-state index contributed by atoms with van der Waals surface area (Å²) in [6, 6.07) is 0. The molecule has 0 amide bonds. The zero-order chi connectivity index (χ0) is 9.61. The van der Waals surface area contributed by atoms with Crippen molar-refractivity contribution in [2.75, 3.05) is 0 Å². The maximum atomic E-state index is 10.1. The minimum atomic E-state index is -0.709. The molecule has 0 aliphatic heterocycles. The normalized spacial score (nSPS) is 12.2. The van der Waals surface area contributed by atoms with Crippen LogP contribution in [-0.4, -0.2) is 11.1 Å². The van der Waals surface area contributed by atoms with Crippen LogP contribution in [0.2, 0.25) is 0 Å². The Kier molecular flexibility index (Phi) is 4.64. The highest BCUT2D eigenvalue weighted by molar-refractivity contribution is 5.66. The summed E-state index contributed by atoms with van der Waals surface area (Å²) in [7, 11) is 0. The molecule has 0 rings (SSSR count). The van der Waals surface area contributed by atoms with Crippen LogP contribution in [0.3, 0.4) is 0 Å². The fourth-order valence-corrected chi connectivity index (χ4v) is 0.808. The predicted octanol–water partition coefficient (Wildman–Crippen LogP) is 2.84. The topological polar surface area (TPSA) is 37.3 Å². The maximum Gasteiger partial charge on any atom is 0.303 e. The maximum absolute atomic E-state index is 10.1. The third-order valence-corrected chi connectivity index (χ3v) is 1.38. The Labute approximate surface area is 74.3 Å². The molecule has 0 saturated heterocycles. The van der Waals surface area contributed by atoms with Gasteiger partial charge in [0.15, 0.2) is 0 Å². The minimum Gasteiger partial charge on any atom is -0.481 e. The van der Waals surface area contributed by atoms with Gasteiger partial charge in [0.25, 0.3) is 0 Å². The van der Waals surface area contributed by atoms with Gasteiger partial charge in [-0.1, -0.05) is 32.9 Å². The number of carboxylic acid groups (broad SMARTS) is 1. The number of hydrogen-bond donors (Lipinski definition) is 1. The van der Waals surface area contributed by atoms with Gasteiger partial charge in [-0.3, -0.25) is 4.79 Å². The van der Waals surface area contributed by atoms with Gasteiger partial charge < -0.3 is 5.11 Å². The number of carboxylic acids is 1. The van der Waals surface area contributed by atoms with Crippen LogP contribution in [-0.2, 0) is 4.79 Å². The summed E-state index contributed by atoms with van der Waals surface area (Å²) < 4.78 is 0. The molecule has 0 atom stereocenters. The van der Waals surface area contributed by atoms with Crippen molar-refractivity contribution in [2.24, 2.45) is 5.41 Å². The molecule has 70 valence electrons. The zero-order valence-corrected chi connectivity index (χ0v) is 8.13. The van der Waals surface area contributed by atoms with Crippen LogP contribution in [0.5, 0.6) is 0 Å². The second-order valence-electron chi connectivity index (χ2n) is 4.05. The van der Waals surface area contributed by atoms with E-state index in [-0.39, 0.29) is 11.8 Å². The predicted molar refractivity (Wildman–Crippen MR) is 50.1 cm³/mol.